The third kappa shape index (κ3) is 2.40. The van der Waals surface area contributed by atoms with Gasteiger partial charge in [0, 0.05) is 12.1 Å². The fourth-order valence-electron chi connectivity index (χ4n) is 1.37. The number of hydrogen-bond donors (Lipinski definition) is 0. The van der Waals surface area contributed by atoms with E-state index in [0.717, 1.165) is 13.2 Å². The SMILES string of the molecule is CC(C)N(C(C)C)P1OCCO1. The molecule has 1 aliphatic heterocycles. The summed E-state index contributed by atoms with van der Waals surface area (Å²) < 4.78 is 13.3. The Kier molecular flexibility index (Phi) is 3.91. The summed E-state index contributed by atoms with van der Waals surface area (Å²) in [5.41, 5.74) is 0. The molecule has 0 amide bonds. The first-order valence-corrected chi connectivity index (χ1v) is 5.60. The van der Waals surface area contributed by atoms with Gasteiger partial charge in [-0.15, -0.1) is 0 Å². The van der Waals surface area contributed by atoms with Crippen molar-refractivity contribution in [1.29, 1.82) is 0 Å². The molecule has 0 aromatic rings. The predicted octanol–water partition coefficient (Wildman–Crippen LogP) is 2.38. The second-order valence-electron chi connectivity index (χ2n) is 3.47. The lowest BCUT2D eigenvalue weighted by Crippen LogP contribution is -2.32. The van der Waals surface area contributed by atoms with E-state index in [-0.39, 0.29) is 0 Å². The molecule has 0 bridgehead atoms. The summed E-state index contributed by atoms with van der Waals surface area (Å²) in [4.78, 5) is 0. The van der Waals surface area contributed by atoms with Crippen LogP contribution in [0.1, 0.15) is 27.7 Å². The van der Waals surface area contributed by atoms with Gasteiger partial charge in [-0.3, -0.25) is 0 Å². The van der Waals surface area contributed by atoms with Crippen LogP contribution >= 0.6 is 8.53 Å². The molecule has 0 spiro atoms. The molecule has 1 aliphatic rings. The second-order valence-corrected chi connectivity index (χ2v) is 4.93. The zero-order valence-corrected chi connectivity index (χ0v) is 9.17. The van der Waals surface area contributed by atoms with E-state index in [2.05, 4.69) is 32.4 Å². The van der Waals surface area contributed by atoms with Gasteiger partial charge in [0.25, 0.3) is 8.53 Å². The van der Waals surface area contributed by atoms with Crippen LogP contribution in [0.2, 0.25) is 0 Å². The van der Waals surface area contributed by atoms with Crippen LogP contribution in [-0.2, 0) is 9.05 Å². The van der Waals surface area contributed by atoms with Crippen molar-refractivity contribution in [3.8, 4) is 0 Å². The summed E-state index contributed by atoms with van der Waals surface area (Å²) in [5, 5.41) is 0. The Balaban J connectivity index is 2.52. The molecule has 1 fully saturated rings. The highest BCUT2D eigenvalue weighted by Crippen LogP contribution is 2.48. The Morgan fingerprint density at radius 3 is 1.75 bits per heavy atom. The van der Waals surface area contributed by atoms with E-state index in [4.69, 9.17) is 9.05 Å². The first kappa shape index (κ1) is 10.4. The minimum Gasteiger partial charge on any atom is -0.319 e. The van der Waals surface area contributed by atoms with Gasteiger partial charge < -0.3 is 9.05 Å². The number of rotatable bonds is 3. The van der Waals surface area contributed by atoms with Crippen molar-refractivity contribution < 1.29 is 9.05 Å². The van der Waals surface area contributed by atoms with Crippen molar-refractivity contribution >= 4 is 8.53 Å². The highest BCUT2D eigenvalue weighted by Gasteiger charge is 2.29. The molecule has 3 nitrogen and oxygen atoms in total. The molecule has 0 saturated carbocycles. The van der Waals surface area contributed by atoms with Crippen LogP contribution in [0.3, 0.4) is 0 Å². The Morgan fingerprint density at radius 1 is 1.00 bits per heavy atom. The fraction of sp³-hybridized carbons (Fsp3) is 1.00. The van der Waals surface area contributed by atoms with Crippen molar-refractivity contribution in [2.75, 3.05) is 13.2 Å². The van der Waals surface area contributed by atoms with Crippen LogP contribution in [-0.4, -0.2) is 30.0 Å². The van der Waals surface area contributed by atoms with Crippen LogP contribution < -0.4 is 0 Å². The van der Waals surface area contributed by atoms with Gasteiger partial charge in [0.1, 0.15) is 0 Å². The monoisotopic (exact) mass is 191 g/mol. The van der Waals surface area contributed by atoms with Crippen molar-refractivity contribution in [1.82, 2.24) is 4.67 Å². The fourth-order valence-corrected chi connectivity index (χ4v) is 2.93. The average molecular weight is 191 g/mol. The lowest BCUT2D eigenvalue weighted by molar-refractivity contribution is 0.253. The van der Waals surface area contributed by atoms with E-state index in [1.165, 1.54) is 0 Å². The van der Waals surface area contributed by atoms with Crippen LogP contribution in [0, 0.1) is 0 Å². The summed E-state index contributed by atoms with van der Waals surface area (Å²) in [6, 6.07) is 0.989. The summed E-state index contributed by atoms with van der Waals surface area (Å²) in [6.07, 6.45) is 0. The minimum absolute atomic E-state index is 0.495. The standard InChI is InChI=1S/C8H18NO2P/c1-7(2)9(8(3)4)12-10-5-6-11-12/h7-8H,5-6H2,1-4H3. The molecule has 0 aromatic heterocycles. The summed E-state index contributed by atoms with van der Waals surface area (Å²) in [7, 11) is -0.754. The molecule has 1 heterocycles. The maximum Gasteiger partial charge on any atom is 0.259 e. The average Bonchev–Trinajstić information content (AvgIpc) is 2.37. The zero-order valence-electron chi connectivity index (χ0n) is 8.28. The lowest BCUT2D eigenvalue weighted by atomic mass is 10.3. The molecule has 72 valence electrons. The van der Waals surface area contributed by atoms with E-state index < -0.39 is 8.53 Å². The largest absolute Gasteiger partial charge is 0.319 e. The normalized spacial score (nSPS) is 20.2. The van der Waals surface area contributed by atoms with Crippen LogP contribution in [0.25, 0.3) is 0 Å². The maximum atomic E-state index is 5.51. The molecule has 12 heavy (non-hydrogen) atoms. The Hall–Kier alpha value is 0.310. The summed E-state index contributed by atoms with van der Waals surface area (Å²) in [5.74, 6) is 0. The van der Waals surface area contributed by atoms with Crippen molar-refractivity contribution in [3.05, 3.63) is 0 Å². The molecule has 0 unspecified atom stereocenters. The Labute approximate surface area is 76.0 Å². The van der Waals surface area contributed by atoms with E-state index >= 15 is 0 Å². The number of hydrogen-bond acceptors (Lipinski definition) is 3. The summed E-state index contributed by atoms with van der Waals surface area (Å²) >= 11 is 0. The van der Waals surface area contributed by atoms with Gasteiger partial charge in [-0.05, 0) is 27.7 Å². The molecule has 0 aliphatic carbocycles. The quantitative estimate of drug-likeness (QED) is 0.639. The molecule has 1 saturated heterocycles. The van der Waals surface area contributed by atoms with Crippen LogP contribution in [0.15, 0.2) is 0 Å². The lowest BCUT2D eigenvalue weighted by Gasteiger charge is -2.32. The molecule has 4 heteroatoms. The van der Waals surface area contributed by atoms with Gasteiger partial charge in [0.15, 0.2) is 0 Å². The highest BCUT2D eigenvalue weighted by molar-refractivity contribution is 7.44. The first-order chi connectivity index (χ1) is 5.63. The molecule has 0 N–H and O–H groups in total. The topological polar surface area (TPSA) is 21.7 Å². The van der Waals surface area contributed by atoms with E-state index in [0.29, 0.717) is 12.1 Å². The first-order valence-electron chi connectivity index (χ1n) is 4.47. The predicted molar refractivity (Wildman–Crippen MR) is 50.9 cm³/mol. The smallest absolute Gasteiger partial charge is 0.259 e. The van der Waals surface area contributed by atoms with Gasteiger partial charge in [0.05, 0.1) is 13.2 Å². The molecular formula is C8H18NO2P. The third-order valence-corrected chi connectivity index (χ3v) is 3.84. The zero-order chi connectivity index (χ0) is 9.14. The number of nitrogens with zero attached hydrogens (tertiary/aromatic N) is 1. The van der Waals surface area contributed by atoms with Crippen molar-refractivity contribution in [2.24, 2.45) is 0 Å². The van der Waals surface area contributed by atoms with Gasteiger partial charge >= 0.3 is 0 Å². The van der Waals surface area contributed by atoms with E-state index in [1.807, 2.05) is 0 Å². The molecule has 1 rings (SSSR count). The van der Waals surface area contributed by atoms with Crippen molar-refractivity contribution in [3.63, 3.8) is 0 Å². The molecule has 0 atom stereocenters. The van der Waals surface area contributed by atoms with Gasteiger partial charge in [-0.2, -0.15) is 0 Å². The van der Waals surface area contributed by atoms with Crippen LogP contribution in [0.5, 0.6) is 0 Å². The van der Waals surface area contributed by atoms with Gasteiger partial charge in [-0.25, -0.2) is 4.67 Å². The Bertz CT molecular complexity index is 127. The maximum absolute atomic E-state index is 5.51. The molecule has 0 radical (unpaired) electrons. The van der Waals surface area contributed by atoms with Crippen LogP contribution in [0.4, 0.5) is 0 Å². The van der Waals surface area contributed by atoms with E-state index in [1.54, 1.807) is 0 Å². The molecule has 0 aromatic carbocycles. The summed E-state index contributed by atoms with van der Waals surface area (Å²) in [6.45, 7) is 10.2. The van der Waals surface area contributed by atoms with Gasteiger partial charge in [0.2, 0.25) is 0 Å². The third-order valence-electron chi connectivity index (χ3n) is 1.73. The second kappa shape index (κ2) is 4.52. The highest BCUT2D eigenvalue weighted by atomic mass is 31.2. The van der Waals surface area contributed by atoms with E-state index in [9.17, 15) is 0 Å². The minimum atomic E-state index is -0.754. The van der Waals surface area contributed by atoms with Crippen molar-refractivity contribution in [2.45, 2.75) is 39.8 Å². The Morgan fingerprint density at radius 2 is 1.42 bits per heavy atom. The van der Waals surface area contributed by atoms with Gasteiger partial charge in [-0.1, -0.05) is 0 Å². The molecular weight excluding hydrogens is 173 g/mol.